The number of hydrogen-bond acceptors (Lipinski definition) is 4. The molecule has 2 aromatic rings. The maximum Gasteiger partial charge on any atom is 0.173 e. The lowest BCUT2D eigenvalue weighted by Gasteiger charge is -2.44. The number of ketones is 1. The molecule has 1 atom stereocenters. The van der Waals surface area contributed by atoms with Crippen LogP contribution in [0.5, 0.6) is 0 Å². The number of benzene rings is 1. The van der Waals surface area contributed by atoms with Gasteiger partial charge in [-0.3, -0.25) is 4.79 Å². The number of hydrogen-bond donors (Lipinski definition) is 1. The Morgan fingerprint density at radius 3 is 2.82 bits per heavy atom. The number of nitrogens with two attached hydrogens (primary N) is 1. The average molecular weight is 314 g/mol. The van der Waals surface area contributed by atoms with Gasteiger partial charge in [0, 0.05) is 23.4 Å². The van der Waals surface area contributed by atoms with E-state index in [9.17, 15) is 4.79 Å². The first-order valence-corrected chi connectivity index (χ1v) is 8.97. The zero-order chi connectivity index (χ0) is 15.3. The van der Waals surface area contributed by atoms with Crippen molar-refractivity contribution in [2.24, 2.45) is 11.8 Å². The molecule has 0 saturated carbocycles. The predicted molar refractivity (Wildman–Crippen MR) is 92.6 cm³/mol. The highest BCUT2D eigenvalue weighted by atomic mass is 32.1. The van der Waals surface area contributed by atoms with Gasteiger partial charge in [0.15, 0.2) is 5.78 Å². The molecule has 1 aromatic heterocycles. The van der Waals surface area contributed by atoms with E-state index in [2.05, 4.69) is 11.8 Å². The lowest BCUT2D eigenvalue weighted by molar-refractivity contribution is 0.0442. The Kier molecular flexibility index (Phi) is 3.46. The number of aryl methyl sites for hydroxylation is 1. The number of carbonyl (C=O) groups excluding carboxylic acids is 1. The van der Waals surface area contributed by atoms with Crippen molar-refractivity contribution in [2.45, 2.75) is 26.2 Å². The minimum atomic E-state index is 0.330. The molecule has 3 aliphatic heterocycles. The van der Waals surface area contributed by atoms with Crippen molar-refractivity contribution < 1.29 is 4.79 Å². The van der Waals surface area contributed by atoms with Crippen LogP contribution in [0.1, 0.15) is 34.5 Å². The van der Waals surface area contributed by atoms with Gasteiger partial charge in [-0.1, -0.05) is 0 Å². The second kappa shape index (κ2) is 5.36. The van der Waals surface area contributed by atoms with E-state index in [0.29, 0.717) is 18.1 Å². The van der Waals surface area contributed by atoms with Gasteiger partial charge in [-0.05, 0) is 73.8 Å². The molecule has 3 fully saturated rings. The lowest BCUT2D eigenvalue weighted by Crippen LogP contribution is -2.47. The number of nitrogen functional groups attached to an aromatic ring is 1. The van der Waals surface area contributed by atoms with Crippen molar-refractivity contribution in [3.8, 4) is 0 Å². The van der Waals surface area contributed by atoms with Crippen molar-refractivity contribution in [1.82, 2.24) is 4.90 Å². The summed E-state index contributed by atoms with van der Waals surface area (Å²) in [6.07, 6.45) is 3.27. The Morgan fingerprint density at radius 1 is 1.36 bits per heavy atom. The SMILES string of the molecule is Cc1c(C(=O)C[C@H]2CN3CCC2CC3)sc2ccc(N)cc12. The normalized spacial score (nSPS) is 27.4. The van der Waals surface area contributed by atoms with Crippen LogP contribution >= 0.6 is 11.3 Å². The van der Waals surface area contributed by atoms with E-state index >= 15 is 0 Å². The van der Waals surface area contributed by atoms with E-state index in [-0.39, 0.29) is 0 Å². The number of carbonyl (C=O) groups is 1. The van der Waals surface area contributed by atoms with Crippen LogP contribution < -0.4 is 5.73 Å². The van der Waals surface area contributed by atoms with Crippen molar-refractivity contribution in [1.29, 1.82) is 0 Å². The molecule has 0 spiro atoms. The Labute approximate surface area is 135 Å². The van der Waals surface area contributed by atoms with E-state index in [4.69, 9.17) is 5.73 Å². The first-order chi connectivity index (χ1) is 10.6. The third kappa shape index (κ3) is 2.34. The van der Waals surface area contributed by atoms with E-state index in [1.165, 1.54) is 30.6 Å². The molecule has 0 aliphatic carbocycles. The van der Waals surface area contributed by atoms with Crippen LogP contribution in [-0.4, -0.2) is 30.3 Å². The molecule has 3 aliphatic rings. The fraction of sp³-hybridized carbons (Fsp3) is 0.500. The average Bonchev–Trinajstić information content (AvgIpc) is 2.85. The summed E-state index contributed by atoms with van der Waals surface area (Å²) in [5, 5.41) is 1.14. The molecule has 2 bridgehead atoms. The molecule has 0 radical (unpaired) electrons. The Hall–Kier alpha value is -1.39. The highest BCUT2D eigenvalue weighted by Crippen LogP contribution is 2.37. The molecular formula is C18H22N2OS. The summed E-state index contributed by atoms with van der Waals surface area (Å²) in [7, 11) is 0. The van der Waals surface area contributed by atoms with Gasteiger partial charge in [0.2, 0.25) is 0 Å². The minimum Gasteiger partial charge on any atom is -0.399 e. The number of piperidine rings is 3. The summed E-state index contributed by atoms with van der Waals surface area (Å²) < 4.78 is 1.17. The summed E-state index contributed by atoms with van der Waals surface area (Å²) in [4.78, 5) is 16.3. The van der Waals surface area contributed by atoms with E-state index in [1.807, 2.05) is 18.2 Å². The smallest absolute Gasteiger partial charge is 0.173 e. The molecular weight excluding hydrogens is 292 g/mol. The predicted octanol–water partition coefficient (Wildman–Crippen LogP) is 3.71. The second-order valence-corrected chi connectivity index (χ2v) is 7.89. The van der Waals surface area contributed by atoms with Crippen LogP contribution in [0.2, 0.25) is 0 Å². The van der Waals surface area contributed by atoms with Gasteiger partial charge >= 0.3 is 0 Å². The van der Waals surface area contributed by atoms with E-state index in [1.54, 1.807) is 11.3 Å². The summed E-state index contributed by atoms with van der Waals surface area (Å²) in [6.45, 7) is 5.64. The van der Waals surface area contributed by atoms with Crippen molar-refractivity contribution in [2.75, 3.05) is 25.4 Å². The van der Waals surface area contributed by atoms with Crippen molar-refractivity contribution in [3.63, 3.8) is 0 Å². The monoisotopic (exact) mass is 314 g/mol. The zero-order valence-corrected chi connectivity index (χ0v) is 13.8. The van der Waals surface area contributed by atoms with E-state index in [0.717, 1.165) is 34.0 Å². The van der Waals surface area contributed by atoms with Crippen LogP contribution in [0.3, 0.4) is 0 Å². The molecule has 2 N–H and O–H groups in total. The number of thiophene rings is 1. The Morgan fingerprint density at radius 2 is 2.14 bits per heavy atom. The van der Waals surface area contributed by atoms with Gasteiger partial charge in [-0.15, -0.1) is 11.3 Å². The Bertz CT molecular complexity index is 728. The van der Waals surface area contributed by atoms with Gasteiger partial charge in [-0.25, -0.2) is 0 Å². The summed E-state index contributed by atoms with van der Waals surface area (Å²) >= 11 is 1.63. The molecule has 0 unspecified atom stereocenters. The first-order valence-electron chi connectivity index (χ1n) is 8.16. The van der Waals surface area contributed by atoms with E-state index < -0.39 is 0 Å². The fourth-order valence-electron chi connectivity index (χ4n) is 4.15. The third-order valence-electron chi connectivity index (χ3n) is 5.45. The standard InChI is InChI=1S/C18H22N2OS/c1-11-15-9-14(19)2-3-17(15)22-18(11)16(21)8-13-10-20-6-4-12(13)5-7-20/h2-3,9,12-13H,4-8,10,19H2,1H3/t13-/m0/s1. The van der Waals surface area contributed by atoms with Gasteiger partial charge in [0.1, 0.15) is 0 Å². The highest BCUT2D eigenvalue weighted by molar-refractivity contribution is 7.21. The molecule has 5 rings (SSSR count). The molecule has 1 aromatic carbocycles. The summed E-state index contributed by atoms with van der Waals surface area (Å²) in [5.74, 6) is 1.65. The number of fused-ring (bicyclic) bond motifs is 4. The van der Waals surface area contributed by atoms with Crippen LogP contribution in [0.25, 0.3) is 10.1 Å². The number of nitrogens with zero attached hydrogens (tertiary/aromatic N) is 1. The zero-order valence-electron chi connectivity index (χ0n) is 13.0. The van der Waals surface area contributed by atoms with Crippen molar-refractivity contribution >= 4 is 32.9 Å². The molecule has 116 valence electrons. The van der Waals surface area contributed by atoms with Gasteiger partial charge in [0.05, 0.1) is 4.88 Å². The molecule has 4 heteroatoms. The number of Topliss-reactive ketones (excluding diaryl/α,β-unsaturated/α-hetero) is 1. The summed E-state index contributed by atoms with van der Waals surface area (Å²) in [5.41, 5.74) is 7.76. The molecule has 0 amide bonds. The quantitative estimate of drug-likeness (QED) is 0.694. The first kappa shape index (κ1) is 14.2. The second-order valence-electron chi connectivity index (χ2n) is 6.84. The largest absolute Gasteiger partial charge is 0.399 e. The molecule has 3 saturated heterocycles. The molecule has 4 heterocycles. The number of rotatable bonds is 3. The minimum absolute atomic E-state index is 0.330. The van der Waals surface area contributed by atoms with Crippen LogP contribution in [0, 0.1) is 18.8 Å². The van der Waals surface area contributed by atoms with Gasteiger partial charge in [-0.2, -0.15) is 0 Å². The lowest BCUT2D eigenvalue weighted by atomic mass is 9.76. The number of anilines is 1. The summed E-state index contributed by atoms with van der Waals surface area (Å²) in [6, 6.07) is 5.94. The topological polar surface area (TPSA) is 46.3 Å². The van der Waals surface area contributed by atoms with Crippen LogP contribution in [0.4, 0.5) is 5.69 Å². The highest BCUT2D eigenvalue weighted by Gasteiger charge is 2.35. The van der Waals surface area contributed by atoms with Crippen LogP contribution in [0.15, 0.2) is 18.2 Å². The maximum atomic E-state index is 12.8. The van der Waals surface area contributed by atoms with Gasteiger partial charge < -0.3 is 10.6 Å². The Balaban J connectivity index is 1.59. The molecule has 22 heavy (non-hydrogen) atoms. The van der Waals surface area contributed by atoms with Gasteiger partial charge in [0.25, 0.3) is 0 Å². The molecule has 3 nitrogen and oxygen atoms in total. The maximum absolute atomic E-state index is 12.8. The van der Waals surface area contributed by atoms with Crippen molar-refractivity contribution in [3.05, 3.63) is 28.6 Å². The third-order valence-corrected chi connectivity index (χ3v) is 6.77. The van der Waals surface area contributed by atoms with Crippen LogP contribution in [-0.2, 0) is 0 Å². The fourth-order valence-corrected chi connectivity index (χ4v) is 5.29.